The predicted molar refractivity (Wildman–Crippen MR) is 126 cm³/mol. The molecule has 0 bridgehead atoms. The quantitative estimate of drug-likeness (QED) is 0.242. The summed E-state index contributed by atoms with van der Waals surface area (Å²) in [5, 5.41) is 7.29. The van der Waals surface area contributed by atoms with E-state index in [4.69, 9.17) is 14.1 Å². The van der Waals surface area contributed by atoms with Gasteiger partial charge in [0.05, 0.1) is 18.8 Å². The van der Waals surface area contributed by atoms with Crippen LogP contribution in [0.4, 0.5) is 0 Å². The fraction of sp³-hybridized carbons (Fsp3) is 0.727. The summed E-state index contributed by atoms with van der Waals surface area (Å²) in [5.41, 5.74) is 0. The van der Waals surface area contributed by atoms with Gasteiger partial charge in [0.1, 0.15) is 5.76 Å². The van der Waals surface area contributed by atoms with E-state index in [1.807, 2.05) is 19.1 Å². The Hall–Kier alpha value is -1.25. The number of rotatable bonds is 7. The first-order valence-electron chi connectivity index (χ1n) is 11.0. The lowest BCUT2D eigenvalue weighted by Crippen LogP contribution is -2.49. The lowest BCUT2D eigenvalue weighted by Gasteiger charge is -2.31. The van der Waals surface area contributed by atoms with E-state index in [1.165, 1.54) is 32.1 Å². The van der Waals surface area contributed by atoms with Crippen LogP contribution in [0.3, 0.4) is 0 Å². The molecular formula is C22H36IN3O3. The SMILES string of the molecule is CCOC(=O)C1CCC(NC(=NCCc2ccco2)NC2CCCCC2)CC1.I. The molecule has 2 saturated carbocycles. The van der Waals surface area contributed by atoms with Crippen LogP contribution in [0.1, 0.15) is 70.5 Å². The summed E-state index contributed by atoms with van der Waals surface area (Å²) in [6.07, 6.45) is 12.6. The van der Waals surface area contributed by atoms with Gasteiger partial charge in [0.2, 0.25) is 0 Å². The first-order valence-corrected chi connectivity index (χ1v) is 11.0. The molecule has 1 aromatic rings. The largest absolute Gasteiger partial charge is 0.469 e. The minimum Gasteiger partial charge on any atom is -0.469 e. The van der Waals surface area contributed by atoms with Crippen molar-refractivity contribution in [3.8, 4) is 0 Å². The third kappa shape index (κ3) is 8.18. The summed E-state index contributed by atoms with van der Waals surface area (Å²) in [5.74, 6) is 1.91. The van der Waals surface area contributed by atoms with E-state index in [2.05, 4.69) is 10.6 Å². The van der Waals surface area contributed by atoms with Crippen molar-refractivity contribution in [2.45, 2.75) is 83.2 Å². The summed E-state index contributed by atoms with van der Waals surface area (Å²) in [6.45, 7) is 3.04. The summed E-state index contributed by atoms with van der Waals surface area (Å²) < 4.78 is 10.6. The van der Waals surface area contributed by atoms with E-state index in [9.17, 15) is 4.79 Å². The lowest BCUT2D eigenvalue weighted by molar-refractivity contribution is -0.149. The van der Waals surface area contributed by atoms with Gasteiger partial charge in [0.15, 0.2) is 5.96 Å². The van der Waals surface area contributed by atoms with Gasteiger partial charge in [-0.05, 0) is 57.6 Å². The van der Waals surface area contributed by atoms with Gasteiger partial charge in [-0.25, -0.2) is 0 Å². The van der Waals surface area contributed by atoms with Crippen molar-refractivity contribution in [2.24, 2.45) is 10.9 Å². The van der Waals surface area contributed by atoms with Gasteiger partial charge in [-0.3, -0.25) is 9.79 Å². The highest BCUT2D eigenvalue weighted by Crippen LogP contribution is 2.25. The second-order valence-electron chi connectivity index (χ2n) is 7.98. The fourth-order valence-corrected chi connectivity index (χ4v) is 4.23. The zero-order chi connectivity index (χ0) is 19.6. The molecule has 0 spiro atoms. The number of carbonyl (C=O) groups is 1. The maximum absolute atomic E-state index is 12.0. The molecular weight excluding hydrogens is 481 g/mol. The van der Waals surface area contributed by atoms with Gasteiger partial charge in [-0.2, -0.15) is 0 Å². The summed E-state index contributed by atoms with van der Waals surface area (Å²) in [6, 6.07) is 4.79. The maximum Gasteiger partial charge on any atom is 0.308 e. The standard InChI is InChI=1S/C22H35N3O3.HI/c1-2-27-21(26)17-10-12-19(13-11-17)25-22(24-18-7-4-3-5-8-18)23-15-14-20-9-6-16-28-20;/h6,9,16-19H,2-5,7-8,10-15H2,1H3,(H2,23,24,25);1H. The molecule has 6 nitrogen and oxygen atoms in total. The predicted octanol–water partition coefficient (Wildman–Crippen LogP) is 4.43. The molecule has 1 aromatic heterocycles. The smallest absolute Gasteiger partial charge is 0.308 e. The van der Waals surface area contributed by atoms with E-state index < -0.39 is 0 Å². The van der Waals surface area contributed by atoms with Crippen molar-refractivity contribution in [1.29, 1.82) is 0 Å². The van der Waals surface area contributed by atoms with Crippen molar-refractivity contribution >= 4 is 35.9 Å². The number of furan rings is 1. The Balaban J connectivity index is 0.00000300. The highest BCUT2D eigenvalue weighted by molar-refractivity contribution is 14.0. The molecule has 0 aliphatic heterocycles. The van der Waals surface area contributed by atoms with Crippen LogP contribution in [0.25, 0.3) is 0 Å². The maximum atomic E-state index is 12.0. The number of halogens is 1. The highest BCUT2D eigenvalue weighted by atomic mass is 127. The average molecular weight is 517 g/mol. The van der Waals surface area contributed by atoms with E-state index in [0.29, 0.717) is 25.2 Å². The Bertz CT molecular complexity index is 607. The van der Waals surface area contributed by atoms with Crippen molar-refractivity contribution in [2.75, 3.05) is 13.2 Å². The molecule has 0 radical (unpaired) electrons. The number of guanidine groups is 1. The molecule has 0 saturated heterocycles. The number of ether oxygens (including phenoxy) is 1. The zero-order valence-corrected chi connectivity index (χ0v) is 19.9. The number of hydrogen-bond acceptors (Lipinski definition) is 4. The van der Waals surface area contributed by atoms with Crippen LogP contribution < -0.4 is 10.6 Å². The molecule has 2 aliphatic carbocycles. The van der Waals surface area contributed by atoms with E-state index in [-0.39, 0.29) is 35.9 Å². The second-order valence-corrected chi connectivity index (χ2v) is 7.98. The second kappa shape index (κ2) is 13.1. The number of esters is 1. The third-order valence-corrected chi connectivity index (χ3v) is 5.84. The Kier molecular flexibility index (Phi) is 10.9. The zero-order valence-electron chi connectivity index (χ0n) is 17.5. The molecule has 7 heteroatoms. The van der Waals surface area contributed by atoms with Gasteiger partial charge in [0, 0.05) is 25.0 Å². The highest BCUT2D eigenvalue weighted by Gasteiger charge is 2.28. The topological polar surface area (TPSA) is 75.9 Å². The van der Waals surface area contributed by atoms with Crippen molar-refractivity contribution in [3.63, 3.8) is 0 Å². The summed E-state index contributed by atoms with van der Waals surface area (Å²) in [7, 11) is 0. The molecule has 0 unspecified atom stereocenters. The van der Waals surface area contributed by atoms with Gasteiger partial charge in [-0.1, -0.05) is 19.3 Å². The molecule has 29 heavy (non-hydrogen) atoms. The molecule has 164 valence electrons. The Labute approximate surface area is 191 Å². The molecule has 1 heterocycles. The first kappa shape index (κ1) is 24.0. The first-order chi connectivity index (χ1) is 13.7. The monoisotopic (exact) mass is 517 g/mol. The van der Waals surface area contributed by atoms with Crippen LogP contribution in [-0.2, 0) is 16.0 Å². The molecule has 2 fully saturated rings. The van der Waals surface area contributed by atoms with Gasteiger partial charge < -0.3 is 19.8 Å². The van der Waals surface area contributed by atoms with E-state index in [1.54, 1.807) is 6.26 Å². The fourth-order valence-electron chi connectivity index (χ4n) is 4.23. The number of nitrogens with one attached hydrogen (secondary N) is 2. The van der Waals surface area contributed by atoms with Crippen LogP contribution in [0.5, 0.6) is 0 Å². The number of aliphatic imine (C=N–C) groups is 1. The van der Waals surface area contributed by atoms with Crippen LogP contribution in [0.2, 0.25) is 0 Å². The molecule has 2 N–H and O–H groups in total. The molecule has 0 atom stereocenters. The minimum absolute atomic E-state index is 0. The number of hydrogen-bond donors (Lipinski definition) is 2. The van der Waals surface area contributed by atoms with Crippen LogP contribution in [0.15, 0.2) is 27.8 Å². The van der Waals surface area contributed by atoms with E-state index >= 15 is 0 Å². The van der Waals surface area contributed by atoms with Crippen molar-refractivity contribution in [3.05, 3.63) is 24.2 Å². The van der Waals surface area contributed by atoms with Crippen LogP contribution >= 0.6 is 24.0 Å². The lowest BCUT2D eigenvalue weighted by atomic mass is 9.86. The van der Waals surface area contributed by atoms with E-state index in [0.717, 1.165) is 43.8 Å². The Morgan fingerprint density at radius 1 is 1.10 bits per heavy atom. The number of carbonyl (C=O) groups excluding carboxylic acids is 1. The third-order valence-electron chi connectivity index (χ3n) is 5.84. The molecule has 3 rings (SSSR count). The van der Waals surface area contributed by atoms with Crippen LogP contribution in [0, 0.1) is 5.92 Å². The Morgan fingerprint density at radius 3 is 2.41 bits per heavy atom. The van der Waals surface area contributed by atoms with Crippen LogP contribution in [-0.4, -0.2) is 37.2 Å². The number of nitrogens with zero attached hydrogens (tertiary/aromatic N) is 1. The molecule has 0 amide bonds. The van der Waals surface area contributed by atoms with Gasteiger partial charge >= 0.3 is 5.97 Å². The Morgan fingerprint density at radius 2 is 1.79 bits per heavy atom. The minimum atomic E-state index is -0.0337. The van der Waals surface area contributed by atoms with Crippen molar-refractivity contribution in [1.82, 2.24) is 10.6 Å². The average Bonchev–Trinajstić information content (AvgIpc) is 3.23. The van der Waals surface area contributed by atoms with Gasteiger partial charge in [0.25, 0.3) is 0 Å². The normalized spacial score (nSPS) is 23.1. The molecule has 0 aromatic carbocycles. The van der Waals surface area contributed by atoms with Gasteiger partial charge in [-0.15, -0.1) is 24.0 Å². The molecule has 2 aliphatic rings. The van der Waals surface area contributed by atoms with Crippen molar-refractivity contribution < 1.29 is 13.9 Å². The summed E-state index contributed by atoms with van der Waals surface area (Å²) >= 11 is 0. The summed E-state index contributed by atoms with van der Waals surface area (Å²) in [4.78, 5) is 16.8.